The van der Waals surface area contributed by atoms with Gasteiger partial charge in [-0.2, -0.15) is 5.26 Å². The lowest BCUT2D eigenvalue weighted by Gasteiger charge is -2.21. The van der Waals surface area contributed by atoms with Crippen molar-refractivity contribution < 1.29 is 4.79 Å². The van der Waals surface area contributed by atoms with Gasteiger partial charge in [-0.3, -0.25) is 4.79 Å². The van der Waals surface area contributed by atoms with Gasteiger partial charge in [0, 0.05) is 30.4 Å². The lowest BCUT2D eigenvalue weighted by Crippen LogP contribution is -2.22. The zero-order chi connectivity index (χ0) is 14.5. The molecule has 4 nitrogen and oxygen atoms in total. The summed E-state index contributed by atoms with van der Waals surface area (Å²) in [4.78, 5) is 18.5. The summed E-state index contributed by atoms with van der Waals surface area (Å²) >= 11 is 1.70. The highest BCUT2D eigenvalue weighted by atomic mass is 32.2. The van der Waals surface area contributed by atoms with E-state index in [1.807, 2.05) is 6.07 Å². The fourth-order valence-corrected chi connectivity index (χ4v) is 3.69. The zero-order valence-electron chi connectivity index (χ0n) is 11.9. The monoisotopic (exact) mass is 289 g/mol. The van der Waals surface area contributed by atoms with E-state index >= 15 is 0 Å². The molecule has 0 atom stereocenters. The second kappa shape index (κ2) is 6.76. The van der Waals surface area contributed by atoms with Gasteiger partial charge in [-0.15, -0.1) is 11.8 Å². The number of thioether (sulfide) groups is 1. The molecular formula is C15H19N3OS. The minimum atomic E-state index is -0.0764. The molecule has 20 heavy (non-hydrogen) atoms. The Hall–Kier alpha value is -1.54. The summed E-state index contributed by atoms with van der Waals surface area (Å²) in [5.74, 6) is -0.0764. The summed E-state index contributed by atoms with van der Waals surface area (Å²) in [6.07, 6.45) is 7.67. The predicted molar refractivity (Wildman–Crippen MR) is 79.7 cm³/mol. The molecule has 1 aromatic rings. The van der Waals surface area contributed by atoms with Crippen molar-refractivity contribution in [2.45, 2.75) is 42.2 Å². The highest BCUT2D eigenvalue weighted by Crippen LogP contribution is 2.35. The van der Waals surface area contributed by atoms with Crippen molar-refractivity contribution in [1.29, 1.82) is 5.26 Å². The molecule has 1 aromatic heterocycles. The maximum Gasteiger partial charge on any atom is 0.254 e. The lowest BCUT2D eigenvalue weighted by atomic mass is 10.0. The van der Waals surface area contributed by atoms with E-state index in [2.05, 4.69) is 11.1 Å². The third kappa shape index (κ3) is 3.51. The second-order valence-electron chi connectivity index (χ2n) is 5.26. The summed E-state index contributed by atoms with van der Waals surface area (Å²) in [5.41, 5.74) is 0.975. The van der Waals surface area contributed by atoms with Crippen molar-refractivity contribution in [3.05, 3.63) is 23.5 Å². The Balaban J connectivity index is 2.22. The molecule has 1 aliphatic rings. The van der Waals surface area contributed by atoms with Gasteiger partial charge in [0.05, 0.1) is 5.56 Å². The number of pyridine rings is 1. The Kier molecular flexibility index (Phi) is 5.02. The first-order chi connectivity index (χ1) is 9.61. The number of hydrogen-bond donors (Lipinski definition) is 0. The Labute approximate surface area is 124 Å². The van der Waals surface area contributed by atoms with Gasteiger partial charge >= 0.3 is 0 Å². The zero-order valence-corrected chi connectivity index (χ0v) is 12.7. The topological polar surface area (TPSA) is 57.0 Å². The molecule has 106 valence electrons. The van der Waals surface area contributed by atoms with Gasteiger partial charge < -0.3 is 4.90 Å². The van der Waals surface area contributed by atoms with Crippen LogP contribution in [0.5, 0.6) is 0 Å². The van der Waals surface area contributed by atoms with Crippen LogP contribution < -0.4 is 0 Å². The molecule has 5 heteroatoms. The maximum atomic E-state index is 12.0. The van der Waals surface area contributed by atoms with E-state index in [4.69, 9.17) is 5.26 Å². The van der Waals surface area contributed by atoms with E-state index in [-0.39, 0.29) is 5.91 Å². The molecule has 1 saturated carbocycles. The van der Waals surface area contributed by atoms with Crippen LogP contribution in [0.25, 0.3) is 0 Å². The van der Waals surface area contributed by atoms with Crippen LogP contribution in [0, 0.1) is 11.3 Å². The fraction of sp³-hybridized carbons (Fsp3) is 0.533. The van der Waals surface area contributed by atoms with Crippen LogP contribution in [0.2, 0.25) is 0 Å². The number of aromatic nitrogens is 1. The summed E-state index contributed by atoms with van der Waals surface area (Å²) in [6, 6.07) is 3.94. The normalized spacial score (nSPS) is 15.7. The third-order valence-corrected chi connectivity index (χ3v) is 4.83. The van der Waals surface area contributed by atoms with E-state index in [1.165, 1.54) is 43.2 Å². The molecule has 1 heterocycles. The van der Waals surface area contributed by atoms with Gasteiger partial charge in [0.25, 0.3) is 5.91 Å². The van der Waals surface area contributed by atoms with Crippen LogP contribution in [-0.2, 0) is 0 Å². The minimum absolute atomic E-state index is 0.0764. The summed E-state index contributed by atoms with van der Waals surface area (Å²) in [7, 11) is 3.43. The van der Waals surface area contributed by atoms with Crippen molar-refractivity contribution in [3.8, 4) is 6.07 Å². The van der Waals surface area contributed by atoms with Crippen LogP contribution in [0.3, 0.4) is 0 Å². The number of carbonyl (C=O) groups excluding carboxylic acids is 1. The number of rotatable bonds is 3. The van der Waals surface area contributed by atoms with Gasteiger partial charge in [0.15, 0.2) is 5.69 Å². The SMILES string of the molecule is CN(C)C(=O)c1cnc(C#N)c(SC2CCCCC2)c1. The number of carbonyl (C=O) groups is 1. The summed E-state index contributed by atoms with van der Waals surface area (Å²) in [6.45, 7) is 0. The molecule has 1 aliphatic carbocycles. The third-order valence-electron chi connectivity index (χ3n) is 3.46. The molecule has 0 N–H and O–H groups in total. The Morgan fingerprint density at radius 2 is 2.10 bits per heavy atom. The number of amides is 1. The quantitative estimate of drug-likeness (QED) is 0.858. The minimum Gasteiger partial charge on any atom is -0.345 e. The largest absolute Gasteiger partial charge is 0.345 e. The van der Waals surface area contributed by atoms with Crippen molar-refractivity contribution >= 4 is 17.7 Å². The molecule has 0 bridgehead atoms. The first-order valence-electron chi connectivity index (χ1n) is 6.90. The van der Waals surface area contributed by atoms with Gasteiger partial charge in [-0.1, -0.05) is 19.3 Å². The average Bonchev–Trinajstić information content (AvgIpc) is 2.47. The lowest BCUT2D eigenvalue weighted by molar-refractivity contribution is 0.0827. The highest BCUT2D eigenvalue weighted by Gasteiger charge is 2.19. The summed E-state index contributed by atoms with van der Waals surface area (Å²) in [5, 5.41) is 9.71. The standard InChI is InChI=1S/C15H19N3OS/c1-18(2)15(19)11-8-14(13(9-16)17-10-11)20-12-6-4-3-5-7-12/h8,10,12H,3-7H2,1-2H3. The number of hydrogen-bond acceptors (Lipinski definition) is 4. The predicted octanol–water partition coefficient (Wildman–Crippen LogP) is 3.08. The van der Waals surface area contributed by atoms with Crippen molar-refractivity contribution in [3.63, 3.8) is 0 Å². The van der Waals surface area contributed by atoms with Crippen LogP contribution >= 0.6 is 11.8 Å². The van der Waals surface area contributed by atoms with Crippen LogP contribution in [0.15, 0.2) is 17.2 Å². The van der Waals surface area contributed by atoms with Crippen LogP contribution in [0.1, 0.15) is 48.2 Å². The molecule has 2 rings (SSSR count). The van der Waals surface area contributed by atoms with Gasteiger partial charge in [0.1, 0.15) is 6.07 Å². The molecule has 0 aromatic carbocycles. The van der Waals surface area contributed by atoms with Crippen LogP contribution in [-0.4, -0.2) is 35.1 Å². The highest BCUT2D eigenvalue weighted by molar-refractivity contribution is 8.00. The van der Waals surface area contributed by atoms with Crippen molar-refractivity contribution in [2.75, 3.05) is 14.1 Å². The van der Waals surface area contributed by atoms with Gasteiger partial charge in [-0.05, 0) is 18.9 Å². The Morgan fingerprint density at radius 3 is 2.70 bits per heavy atom. The number of nitrogens with zero attached hydrogens (tertiary/aromatic N) is 3. The molecule has 0 radical (unpaired) electrons. The first kappa shape index (κ1) is 14.9. The average molecular weight is 289 g/mol. The van der Waals surface area contributed by atoms with Crippen LogP contribution in [0.4, 0.5) is 0 Å². The first-order valence-corrected chi connectivity index (χ1v) is 7.78. The summed E-state index contributed by atoms with van der Waals surface area (Å²) < 4.78 is 0. The molecule has 0 saturated heterocycles. The molecule has 1 fully saturated rings. The number of nitriles is 1. The molecule has 1 amide bonds. The van der Waals surface area contributed by atoms with Gasteiger partial charge in [-0.25, -0.2) is 4.98 Å². The molecular weight excluding hydrogens is 270 g/mol. The second-order valence-corrected chi connectivity index (χ2v) is 6.60. The molecule has 0 spiro atoms. The Bertz CT molecular complexity index is 530. The van der Waals surface area contributed by atoms with Gasteiger partial charge in [0.2, 0.25) is 0 Å². The van der Waals surface area contributed by atoms with E-state index in [0.717, 1.165) is 4.90 Å². The van der Waals surface area contributed by atoms with Crippen molar-refractivity contribution in [2.24, 2.45) is 0 Å². The van der Waals surface area contributed by atoms with Crippen molar-refractivity contribution in [1.82, 2.24) is 9.88 Å². The maximum absolute atomic E-state index is 12.0. The van der Waals surface area contributed by atoms with E-state index in [0.29, 0.717) is 16.5 Å². The molecule has 0 unspecified atom stereocenters. The van der Waals surface area contributed by atoms with E-state index < -0.39 is 0 Å². The van der Waals surface area contributed by atoms with E-state index in [1.54, 1.807) is 25.9 Å². The molecule has 0 aliphatic heterocycles. The fourth-order valence-electron chi connectivity index (χ4n) is 2.36. The smallest absolute Gasteiger partial charge is 0.254 e. The Morgan fingerprint density at radius 1 is 1.40 bits per heavy atom. The van der Waals surface area contributed by atoms with E-state index in [9.17, 15) is 4.79 Å².